The number of carbonyl (C=O) groups is 1. The van der Waals surface area contributed by atoms with Gasteiger partial charge in [0.05, 0.1) is 6.04 Å². The fourth-order valence-electron chi connectivity index (χ4n) is 3.02. The highest BCUT2D eigenvalue weighted by atomic mass is 32.1. The Labute approximate surface area is 153 Å². The van der Waals surface area contributed by atoms with Gasteiger partial charge in [0.1, 0.15) is 0 Å². The van der Waals surface area contributed by atoms with Crippen molar-refractivity contribution in [2.45, 2.75) is 25.4 Å². The monoisotopic (exact) mass is 354 g/mol. The zero-order valence-corrected chi connectivity index (χ0v) is 14.8. The van der Waals surface area contributed by atoms with Gasteiger partial charge in [-0.2, -0.15) is 0 Å². The average Bonchev–Trinajstić information content (AvgIpc) is 3.09. The molecule has 3 N–H and O–H groups in total. The van der Waals surface area contributed by atoms with Crippen LogP contribution in [0.15, 0.2) is 60.7 Å². The number of anilines is 1. The maximum atomic E-state index is 12.5. The van der Waals surface area contributed by atoms with Gasteiger partial charge in [0.15, 0.2) is 5.11 Å². The number of rotatable bonds is 4. The molecule has 0 unspecified atom stereocenters. The van der Waals surface area contributed by atoms with Crippen molar-refractivity contribution < 1.29 is 4.79 Å². The largest absolute Gasteiger partial charge is 0.331 e. The summed E-state index contributed by atoms with van der Waals surface area (Å²) in [7, 11) is 0. The van der Waals surface area contributed by atoms with Crippen LogP contribution in [0.3, 0.4) is 0 Å². The fraction of sp³-hybridized carbons (Fsp3) is 0.263. The van der Waals surface area contributed by atoms with Crippen molar-refractivity contribution in [1.29, 1.82) is 0 Å². The first-order chi connectivity index (χ1) is 12.2. The van der Waals surface area contributed by atoms with E-state index in [4.69, 9.17) is 12.2 Å². The third kappa shape index (κ3) is 5.01. The summed E-state index contributed by atoms with van der Waals surface area (Å²) >= 11 is 5.21. The molecule has 1 aliphatic heterocycles. The van der Waals surface area contributed by atoms with Crippen LogP contribution in [-0.2, 0) is 11.3 Å². The van der Waals surface area contributed by atoms with Crippen molar-refractivity contribution in [3.8, 4) is 0 Å². The molecular weight excluding hydrogens is 332 g/mol. The van der Waals surface area contributed by atoms with E-state index < -0.39 is 0 Å². The summed E-state index contributed by atoms with van der Waals surface area (Å²) < 4.78 is 0. The molecule has 1 atom stereocenters. The van der Waals surface area contributed by atoms with Gasteiger partial charge in [-0.15, -0.1) is 0 Å². The molecular formula is C19H22N4OS. The van der Waals surface area contributed by atoms with E-state index in [1.165, 1.54) is 5.56 Å². The van der Waals surface area contributed by atoms with E-state index in [-0.39, 0.29) is 11.9 Å². The highest BCUT2D eigenvalue weighted by Gasteiger charge is 2.30. The van der Waals surface area contributed by atoms with E-state index in [1.54, 1.807) is 0 Å². The van der Waals surface area contributed by atoms with Gasteiger partial charge in [-0.3, -0.25) is 20.5 Å². The third-order valence-corrected chi connectivity index (χ3v) is 4.43. The van der Waals surface area contributed by atoms with Crippen LogP contribution in [0.2, 0.25) is 0 Å². The lowest BCUT2D eigenvalue weighted by Gasteiger charge is -2.24. The van der Waals surface area contributed by atoms with Gasteiger partial charge in [-0.1, -0.05) is 48.5 Å². The van der Waals surface area contributed by atoms with Gasteiger partial charge < -0.3 is 5.32 Å². The Bertz CT molecular complexity index is 708. The molecule has 25 heavy (non-hydrogen) atoms. The number of hydrazine groups is 1. The molecule has 2 aromatic carbocycles. The highest BCUT2D eigenvalue weighted by Crippen LogP contribution is 2.20. The number of nitrogens with one attached hydrogen (secondary N) is 3. The zero-order chi connectivity index (χ0) is 17.5. The number of para-hydroxylation sites is 1. The number of hydrogen-bond acceptors (Lipinski definition) is 3. The van der Waals surface area contributed by atoms with Crippen LogP contribution in [0, 0.1) is 0 Å². The second-order valence-corrected chi connectivity index (χ2v) is 6.46. The van der Waals surface area contributed by atoms with Gasteiger partial charge >= 0.3 is 0 Å². The van der Waals surface area contributed by atoms with Gasteiger partial charge in [-0.05, 0) is 49.3 Å². The van der Waals surface area contributed by atoms with E-state index in [0.29, 0.717) is 5.11 Å². The summed E-state index contributed by atoms with van der Waals surface area (Å²) in [5.74, 6) is -0.0503. The number of benzene rings is 2. The molecule has 6 heteroatoms. The number of likely N-dealkylation sites (tertiary alicyclic amines) is 1. The Balaban J connectivity index is 1.49. The molecule has 2 aromatic rings. The van der Waals surface area contributed by atoms with Crippen LogP contribution >= 0.6 is 12.2 Å². The summed E-state index contributed by atoms with van der Waals surface area (Å²) in [5.41, 5.74) is 7.61. The molecule has 0 aliphatic carbocycles. The second kappa shape index (κ2) is 8.60. The first-order valence-electron chi connectivity index (χ1n) is 8.42. The maximum Gasteiger partial charge on any atom is 0.255 e. The smallest absolute Gasteiger partial charge is 0.255 e. The second-order valence-electron chi connectivity index (χ2n) is 6.05. The SMILES string of the molecule is O=C(NNC(=S)Nc1ccccc1)[C@@H]1CCCN1Cc1ccccc1. The number of amides is 1. The molecule has 0 spiro atoms. The molecule has 1 saturated heterocycles. The zero-order valence-electron chi connectivity index (χ0n) is 13.9. The summed E-state index contributed by atoms with van der Waals surface area (Å²) in [5, 5.41) is 3.40. The minimum absolute atomic E-state index is 0.0503. The van der Waals surface area contributed by atoms with Crippen molar-refractivity contribution >= 4 is 28.9 Å². The van der Waals surface area contributed by atoms with Gasteiger partial charge in [0.25, 0.3) is 5.91 Å². The lowest BCUT2D eigenvalue weighted by atomic mass is 10.2. The first-order valence-corrected chi connectivity index (χ1v) is 8.83. The van der Waals surface area contributed by atoms with Crippen LogP contribution in [0.4, 0.5) is 5.69 Å². The lowest BCUT2D eigenvalue weighted by Crippen LogP contribution is -2.51. The van der Waals surface area contributed by atoms with Crippen LogP contribution in [0.5, 0.6) is 0 Å². The van der Waals surface area contributed by atoms with Crippen LogP contribution in [0.25, 0.3) is 0 Å². The molecule has 0 bridgehead atoms. The van der Waals surface area contributed by atoms with E-state index >= 15 is 0 Å². The minimum Gasteiger partial charge on any atom is -0.331 e. The van der Waals surface area contributed by atoms with Crippen molar-refractivity contribution in [3.05, 3.63) is 66.2 Å². The molecule has 1 heterocycles. The van der Waals surface area contributed by atoms with Crippen LogP contribution < -0.4 is 16.2 Å². The van der Waals surface area contributed by atoms with Crippen LogP contribution in [-0.4, -0.2) is 28.5 Å². The van der Waals surface area contributed by atoms with Crippen molar-refractivity contribution in [1.82, 2.24) is 15.8 Å². The minimum atomic E-state index is -0.132. The number of thiocarbonyl (C=S) groups is 1. The van der Waals surface area contributed by atoms with E-state index in [0.717, 1.165) is 31.6 Å². The van der Waals surface area contributed by atoms with Crippen molar-refractivity contribution in [2.75, 3.05) is 11.9 Å². The third-order valence-electron chi connectivity index (χ3n) is 4.23. The van der Waals surface area contributed by atoms with Gasteiger partial charge in [-0.25, -0.2) is 0 Å². The predicted octanol–water partition coefficient (Wildman–Crippen LogP) is 2.67. The molecule has 3 rings (SSSR count). The van der Waals surface area contributed by atoms with Gasteiger partial charge in [0.2, 0.25) is 0 Å². The molecule has 1 fully saturated rings. The quantitative estimate of drug-likeness (QED) is 0.582. The average molecular weight is 354 g/mol. The van der Waals surface area contributed by atoms with Gasteiger partial charge in [0, 0.05) is 12.2 Å². The Morgan fingerprint density at radius 1 is 1.04 bits per heavy atom. The molecule has 1 aliphatic rings. The van der Waals surface area contributed by atoms with Crippen molar-refractivity contribution in [2.24, 2.45) is 0 Å². The van der Waals surface area contributed by atoms with Crippen LogP contribution in [0.1, 0.15) is 18.4 Å². The van der Waals surface area contributed by atoms with E-state index in [2.05, 4.69) is 33.2 Å². The van der Waals surface area contributed by atoms with E-state index in [1.807, 2.05) is 48.5 Å². The number of carbonyl (C=O) groups excluding carboxylic acids is 1. The first kappa shape index (κ1) is 17.4. The Hall–Kier alpha value is -2.44. The normalized spacial score (nSPS) is 17.0. The fourth-order valence-corrected chi connectivity index (χ4v) is 3.18. The topological polar surface area (TPSA) is 56.4 Å². The number of hydrogen-bond donors (Lipinski definition) is 3. The molecule has 0 radical (unpaired) electrons. The molecule has 1 amide bonds. The summed E-state index contributed by atoms with van der Waals surface area (Å²) in [4.78, 5) is 14.7. The Morgan fingerprint density at radius 3 is 2.44 bits per heavy atom. The summed E-state index contributed by atoms with van der Waals surface area (Å²) in [6.07, 6.45) is 1.89. The predicted molar refractivity (Wildman–Crippen MR) is 104 cm³/mol. The number of nitrogens with zero attached hydrogens (tertiary/aromatic N) is 1. The molecule has 5 nitrogen and oxygen atoms in total. The molecule has 130 valence electrons. The Kier molecular flexibility index (Phi) is 5.98. The maximum absolute atomic E-state index is 12.5. The summed E-state index contributed by atoms with van der Waals surface area (Å²) in [6.45, 7) is 1.71. The Morgan fingerprint density at radius 2 is 1.72 bits per heavy atom. The van der Waals surface area contributed by atoms with Crippen molar-refractivity contribution in [3.63, 3.8) is 0 Å². The lowest BCUT2D eigenvalue weighted by molar-refractivity contribution is -0.126. The molecule has 0 aromatic heterocycles. The van der Waals surface area contributed by atoms with E-state index in [9.17, 15) is 4.79 Å². The summed E-state index contributed by atoms with van der Waals surface area (Å²) in [6, 6.07) is 19.7. The molecule has 0 saturated carbocycles. The highest BCUT2D eigenvalue weighted by molar-refractivity contribution is 7.80. The standard InChI is InChI=1S/C19H22N4OS/c24-18(21-22-19(25)20-16-10-5-2-6-11-16)17-12-7-13-23(17)14-15-8-3-1-4-9-15/h1-6,8-11,17H,7,12-14H2,(H,21,24)(H2,20,22,25)/t17-/m0/s1.